The molecule has 0 saturated carbocycles. The molecule has 1 N–H and O–H groups in total. The lowest BCUT2D eigenvalue weighted by molar-refractivity contribution is -0.137. The molecular formula is C17H15F3N4O. The average molecular weight is 348 g/mol. The summed E-state index contributed by atoms with van der Waals surface area (Å²) < 4.78 is 39.4. The number of rotatable bonds is 3. The van der Waals surface area contributed by atoms with Crippen molar-refractivity contribution in [3.8, 4) is 0 Å². The fourth-order valence-corrected chi connectivity index (χ4v) is 2.55. The van der Waals surface area contributed by atoms with E-state index in [1.54, 1.807) is 16.7 Å². The van der Waals surface area contributed by atoms with Gasteiger partial charge in [-0.2, -0.15) is 13.2 Å². The third-order valence-corrected chi connectivity index (χ3v) is 3.80. The number of hydrogen-bond donors (Lipinski definition) is 1. The molecule has 0 aliphatic carbocycles. The zero-order valence-electron chi connectivity index (χ0n) is 13.6. The maximum absolute atomic E-state index is 12.6. The maximum atomic E-state index is 12.6. The second-order valence-electron chi connectivity index (χ2n) is 5.53. The van der Waals surface area contributed by atoms with Gasteiger partial charge >= 0.3 is 6.18 Å². The number of amides is 1. The van der Waals surface area contributed by atoms with Crippen LogP contribution < -0.4 is 5.32 Å². The third kappa shape index (κ3) is 3.19. The second kappa shape index (κ2) is 6.19. The van der Waals surface area contributed by atoms with Crippen molar-refractivity contribution in [2.45, 2.75) is 26.4 Å². The first-order chi connectivity index (χ1) is 11.8. The number of halogens is 3. The van der Waals surface area contributed by atoms with Crippen molar-refractivity contribution >= 4 is 17.4 Å². The summed E-state index contributed by atoms with van der Waals surface area (Å²) in [5.74, 6) is -0.426. The van der Waals surface area contributed by atoms with Crippen molar-refractivity contribution in [2.75, 3.05) is 5.32 Å². The molecule has 25 heavy (non-hydrogen) atoms. The molecule has 5 nitrogen and oxygen atoms in total. The fraction of sp³-hybridized carbons (Fsp3) is 0.235. The van der Waals surface area contributed by atoms with Crippen molar-refractivity contribution in [1.82, 2.24) is 14.4 Å². The Balaban J connectivity index is 1.94. The number of nitrogens with zero attached hydrogens (tertiary/aromatic N) is 3. The molecule has 0 bridgehead atoms. The number of nitrogens with one attached hydrogen (secondary N) is 1. The molecule has 0 fully saturated rings. The number of aromatic nitrogens is 3. The number of carbonyl (C=O) groups is 1. The Morgan fingerprint density at radius 2 is 2.04 bits per heavy atom. The Morgan fingerprint density at radius 3 is 2.64 bits per heavy atom. The molecule has 0 atom stereocenters. The van der Waals surface area contributed by atoms with Crippen LogP contribution in [0.2, 0.25) is 0 Å². The van der Waals surface area contributed by atoms with Crippen molar-refractivity contribution in [3.63, 3.8) is 0 Å². The number of anilines is 1. The predicted octanol–water partition coefficient (Wildman–Crippen LogP) is 3.87. The molecule has 0 aliphatic rings. The summed E-state index contributed by atoms with van der Waals surface area (Å²) >= 11 is 0. The highest BCUT2D eigenvalue weighted by molar-refractivity contribution is 6.04. The molecule has 0 saturated heterocycles. The lowest BCUT2D eigenvalue weighted by Crippen LogP contribution is -2.17. The molecule has 130 valence electrons. The minimum absolute atomic E-state index is 0.0441. The van der Waals surface area contributed by atoms with Gasteiger partial charge in [-0.1, -0.05) is 13.0 Å². The summed E-state index contributed by atoms with van der Waals surface area (Å²) in [5, 5.41) is 2.53. The molecule has 3 aromatic heterocycles. The smallest absolute Gasteiger partial charge is 0.305 e. The molecule has 3 rings (SSSR count). The van der Waals surface area contributed by atoms with Crippen molar-refractivity contribution in [1.29, 1.82) is 0 Å². The predicted molar refractivity (Wildman–Crippen MR) is 86.5 cm³/mol. The van der Waals surface area contributed by atoms with Crippen LogP contribution >= 0.6 is 0 Å². The fourth-order valence-electron chi connectivity index (χ4n) is 2.55. The molecule has 0 unspecified atom stereocenters. The van der Waals surface area contributed by atoms with Crippen LogP contribution in [0, 0.1) is 6.92 Å². The van der Waals surface area contributed by atoms with E-state index in [4.69, 9.17) is 0 Å². The van der Waals surface area contributed by atoms with E-state index in [1.165, 1.54) is 0 Å². The van der Waals surface area contributed by atoms with Gasteiger partial charge in [0, 0.05) is 12.4 Å². The topological polar surface area (TPSA) is 59.3 Å². The van der Waals surface area contributed by atoms with Gasteiger partial charge < -0.3 is 5.32 Å². The summed E-state index contributed by atoms with van der Waals surface area (Å²) in [7, 11) is 0. The van der Waals surface area contributed by atoms with E-state index in [9.17, 15) is 18.0 Å². The second-order valence-corrected chi connectivity index (χ2v) is 5.53. The van der Waals surface area contributed by atoms with Crippen LogP contribution in [0.1, 0.15) is 34.2 Å². The summed E-state index contributed by atoms with van der Waals surface area (Å²) in [4.78, 5) is 20.8. The largest absolute Gasteiger partial charge is 0.417 e. The lowest BCUT2D eigenvalue weighted by Gasteiger charge is -2.08. The zero-order valence-corrected chi connectivity index (χ0v) is 13.6. The van der Waals surface area contributed by atoms with Gasteiger partial charge in [-0.05, 0) is 37.1 Å². The maximum Gasteiger partial charge on any atom is 0.417 e. The first-order valence-electron chi connectivity index (χ1n) is 7.62. The van der Waals surface area contributed by atoms with Gasteiger partial charge in [-0.25, -0.2) is 9.97 Å². The number of pyridine rings is 2. The van der Waals surface area contributed by atoms with E-state index in [0.29, 0.717) is 29.7 Å². The summed E-state index contributed by atoms with van der Waals surface area (Å²) in [5.41, 5.74) is 1.68. The third-order valence-electron chi connectivity index (χ3n) is 3.80. The van der Waals surface area contributed by atoms with Gasteiger partial charge in [-0.3, -0.25) is 9.20 Å². The lowest BCUT2D eigenvalue weighted by atomic mass is 10.2. The van der Waals surface area contributed by atoms with Crippen LogP contribution in [-0.2, 0) is 12.6 Å². The SMILES string of the molecule is CCc1nc2c(C)cccn2c1C(=O)Nc1ccc(C(F)(F)F)cn1. The van der Waals surface area contributed by atoms with Crippen LogP contribution in [-0.4, -0.2) is 20.3 Å². The van der Waals surface area contributed by atoms with E-state index >= 15 is 0 Å². The van der Waals surface area contributed by atoms with Crippen LogP contribution in [0.15, 0.2) is 36.7 Å². The van der Waals surface area contributed by atoms with Gasteiger partial charge in [-0.15, -0.1) is 0 Å². The first kappa shape index (κ1) is 16.9. The molecule has 0 radical (unpaired) electrons. The average Bonchev–Trinajstić information content (AvgIpc) is 2.94. The van der Waals surface area contributed by atoms with E-state index < -0.39 is 17.6 Å². The van der Waals surface area contributed by atoms with Gasteiger partial charge in [0.2, 0.25) is 0 Å². The van der Waals surface area contributed by atoms with Crippen LogP contribution in [0.4, 0.5) is 19.0 Å². The molecule has 8 heteroatoms. The van der Waals surface area contributed by atoms with Crippen LogP contribution in [0.5, 0.6) is 0 Å². The highest BCUT2D eigenvalue weighted by Crippen LogP contribution is 2.29. The number of imidazole rings is 1. The molecule has 0 spiro atoms. The highest BCUT2D eigenvalue weighted by atomic mass is 19.4. The molecule has 3 aromatic rings. The molecular weight excluding hydrogens is 333 g/mol. The van der Waals surface area contributed by atoms with Gasteiger partial charge in [0.1, 0.15) is 17.2 Å². The minimum Gasteiger partial charge on any atom is -0.305 e. The Hall–Kier alpha value is -2.90. The normalized spacial score (nSPS) is 11.7. The number of fused-ring (bicyclic) bond motifs is 1. The van der Waals surface area contributed by atoms with E-state index in [0.717, 1.165) is 17.7 Å². The van der Waals surface area contributed by atoms with E-state index in [-0.39, 0.29) is 5.82 Å². The number of alkyl halides is 3. The van der Waals surface area contributed by atoms with Gasteiger partial charge in [0.25, 0.3) is 5.91 Å². The highest BCUT2D eigenvalue weighted by Gasteiger charge is 2.30. The van der Waals surface area contributed by atoms with Crippen LogP contribution in [0.3, 0.4) is 0 Å². The Kier molecular flexibility index (Phi) is 4.20. The summed E-state index contributed by atoms with van der Waals surface area (Å²) in [6, 6.07) is 5.69. The zero-order chi connectivity index (χ0) is 18.2. The minimum atomic E-state index is -4.47. The first-order valence-corrected chi connectivity index (χ1v) is 7.62. The quantitative estimate of drug-likeness (QED) is 0.782. The van der Waals surface area contributed by atoms with Gasteiger partial charge in [0.15, 0.2) is 0 Å². The van der Waals surface area contributed by atoms with E-state index in [2.05, 4.69) is 15.3 Å². The molecule has 0 aromatic carbocycles. The molecule has 3 heterocycles. The molecule has 0 aliphatic heterocycles. The van der Waals surface area contributed by atoms with Crippen LogP contribution in [0.25, 0.3) is 5.65 Å². The molecule has 1 amide bonds. The van der Waals surface area contributed by atoms with Crippen molar-refractivity contribution in [2.24, 2.45) is 0 Å². The summed E-state index contributed by atoms with van der Waals surface area (Å²) in [6.45, 7) is 3.77. The monoisotopic (exact) mass is 348 g/mol. The standard InChI is InChI=1S/C17H15F3N4O/c1-3-12-14(24-8-4-5-10(2)15(24)22-12)16(25)23-13-7-6-11(9-21-13)17(18,19)20/h4-9H,3H2,1-2H3,(H,21,23,25). The summed E-state index contributed by atoms with van der Waals surface area (Å²) in [6.07, 6.45) is -1.51. The number of hydrogen-bond acceptors (Lipinski definition) is 3. The van der Waals surface area contributed by atoms with Crippen molar-refractivity contribution in [3.05, 3.63) is 59.2 Å². The van der Waals surface area contributed by atoms with Gasteiger partial charge in [0.05, 0.1) is 11.3 Å². The number of carbonyl (C=O) groups excluding carboxylic acids is 1. The Bertz CT molecular complexity index is 929. The number of aryl methyl sites for hydroxylation is 2. The Labute approximate surface area is 141 Å². The Morgan fingerprint density at radius 1 is 1.28 bits per heavy atom. The van der Waals surface area contributed by atoms with E-state index in [1.807, 2.05) is 19.9 Å². The van der Waals surface area contributed by atoms with Crippen molar-refractivity contribution < 1.29 is 18.0 Å².